The van der Waals surface area contributed by atoms with Crippen LogP contribution in [0.15, 0.2) is 42.7 Å². The average Bonchev–Trinajstić information content (AvgIpc) is 3.26. The Morgan fingerprint density at radius 3 is 2.60 bits per heavy atom. The summed E-state index contributed by atoms with van der Waals surface area (Å²) >= 11 is 0. The maximum Gasteiger partial charge on any atom is 0.243 e. The lowest BCUT2D eigenvalue weighted by molar-refractivity contribution is -0.139. The van der Waals surface area contributed by atoms with Crippen molar-refractivity contribution in [2.24, 2.45) is 5.92 Å². The van der Waals surface area contributed by atoms with Gasteiger partial charge in [-0.05, 0) is 36.1 Å². The van der Waals surface area contributed by atoms with Crippen LogP contribution >= 0.6 is 0 Å². The van der Waals surface area contributed by atoms with E-state index >= 15 is 0 Å². The van der Waals surface area contributed by atoms with Crippen LogP contribution in [0.3, 0.4) is 0 Å². The number of likely N-dealkylation sites (tertiary alicyclic amines) is 1. The van der Waals surface area contributed by atoms with Crippen LogP contribution in [0, 0.1) is 5.92 Å². The van der Waals surface area contributed by atoms with Crippen molar-refractivity contribution in [2.75, 3.05) is 6.54 Å². The molecule has 3 rings (SSSR count). The highest BCUT2D eigenvalue weighted by Gasteiger charge is 2.34. The van der Waals surface area contributed by atoms with Crippen molar-refractivity contribution in [1.29, 1.82) is 0 Å². The number of nitrogens with one attached hydrogen (secondary N) is 1. The van der Waals surface area contributed by atoms with Gasteiger partial charge in [0, 0.05) is 31.9 Å². The van der Waals surface area contributed by atoms with Crippen molar-refractivity contribution < 1.29 is 9.59 Å². The Morgan fingerprint density at radius 2 is 2.04 bits per heavy atom. The van der Waals surface area contributed by atoms with E-state index in [1.807, 2.05) is 50.4 Å². The lowest BCUT2D eigenvalue weighted by atomic mass is 10.0. The number of carbonyl (C=O) groups excluding carboxylic acids is 2. The molecule has 0 radical (unpaired) electrons. The zero-order chi connectivity index (χ0) is 17.8. The normalized spacial score (nSPS) is 15.6. The molecular formula is C19H24N4O2. The van der Waals surface area contributed by atoms with E-state index in [1.165, 1.54) is 0 Å². The molecule has 25 heavy (non-hydrogen) atoms. The topological polar surface area (TPSA) is 67.2 Å². The molecule has 0 unspecified atom stereocenters. The molecule has 1 aliphatic heterocycles. The highest BCUT2D eigenvalue weighted by atomic mass is 16.2. The van der Waals surface area contributed by atoms with Crippen LogP contribution in [0.2, 0.25) is 0 Å². The number of aromatic nitrogens is 2. The Hall–Kier alpha value is -2.63. The molecule has 0 aliphatic carbocycles. The monoisotopic (exact) mass is 340 g/mol. The van der Waals surface area contributed by atoms with Gasteiger partial charge in [-0.15, -0.1) is 0 Å². The number of benzene rings is 1. The van der Waals surface area contributed by atoms with E-state index in [0.717, 1.165) is 17.7 Å². The molecule has 1 aliphatic rings. The summed E-state index contributed by atoms with van der Waals surface area (Å²) in [4.78, 5) is 26.3. The van der Waals surface area contributed by atoms with Gasteiger partial charge in [0.15, 0.2) is 0 Å². The van der Waals surface area contributed by atoms with Gasteiger partial charge in [-0.25, -0.2) is 4.68 Å². The SMILES string of the molecule is CC(C)[C@@H](C(=O)NCc1ccc(-n2cccn2)cc1)N1CCCC1=O. The van der Waals surface area contributed by atoms with Crippen LogP contribution in [0.4, 0.5) is 0 Å². The van der Waals surface area contributed by atoms with Gasteiger partial charge in [0.25, 0.3) is 0 Å². The zero-order valence-corrected chi connectivity index (χ0v) is 14.7. The van der Waals surface area contributed by atoms with Gasteiger partial charge in [-0.3, -0.25) is 9.59 Å². The molecule has 6 heteroatoms. The number of hydrogen-bond acceptors (Lipinski definition) is 3. The van der Waals surface area contributed by atoms with Crippen molar-refractivity contribution in [3.63, 3.8) is 0 Å². The van der Waals surface area contributed by atoms with E-state index in [-0.39, 0.29) is 17.7 Å². The first-order chi connectivity index (χ1) is 12.1. The Bertz CT molecular complexity index is 722. The molecule has 1 aromatic carbocycles. The second kappa shape index (κ2) is 7.51. The predicted octanol–water partition coefficient (Wildman–Crippen LogP) is 2.14. The van der Waals surface area contributed by atoms with Crippen molar-refractivity contribution in [1.82, 2.24) is 20.0 Å². The fourth-order valence-electron chi connectivity index (χ4n) is 3.25. The molecule has 0 saturated carbocycles. The van der Waals surface area contributed by atoms with Gasteiger partial charge in [-0.1, -0.05) is 26.0 Å². The molecule has 1 saturated heterocycles. The molecule has 0 bridgehead atoms. The fourth-order valence-corrected chi connectivity index (χ4v) is 3.25. The highest BCUT2D eigenvalue weighted by Crippen LogP contribution is 2.19. The predicted molar refractivity (Wildman–Crippen MR) is 95.0 cm³/mol. The van der Waals surface area contributed by atoms with Crippen LogP contribution in [-0.2, 0) is 16.1 Å². The molecular weight excluding hydrogens is 316 g/mol. The fraction of sp³-hybridized carbons (Fsp3) is 0.421. The molecule has 1 fully saturated rings. The third-order valence-electron chi connectivity index (χ3n) is 4.52. The lowest BCUT2D eigenvalue weighted by Gasteiger charge is -2.29. The van der Waals surface area contributed by atoms with Crippen LogP contribution in [-0.4, -0.2) is 39.1 Å². The summed E-state index contributed by atoms with van der Waals surface area (Å²) in [6.45, 7) is 5.08. The van der Waals surface area contributed by atoms with Gasteiger partial charge < -0.3 is 10.2 Å². The average molecular weight is 340 g/mol. The Morgan fingerprint density at radius 1 is 1.28 bits per heavy atom. The molecule has 2 aromatic rings. The van der Waals surface area contributed by atoms with Gasteiger partial charge in [0.2, 0.25) is 11.8 Å². The zero-order valence-electron chi connectivity index (χ0n) is 14.7. The third kappa shape index (κ3) is 3.90. The first kappa shape index (κ1) is 17.2. The standard InChI is InChI=1S/C19H24N4O2/c1-14(2)18(22-11-3-5-17(22)24)19(25)20-13-15-6-8-16(9-7-15)23-12-4-10-21-23/h4,6-10,12,14,18H,3,5,11,13H2,1-2H3,(H,20,25)/t18-/m0/s1. The van der Waals surface area contributed by atoms with E-state index in [0.29, 0.717) is 19.5 Å². The quantitative estimate of drug-likeness (QED) is 0.876. The van der Waals surface area contributed by atoms with Gasteiger partial charge >= 0.3 is 0 Å². The first-order valence-electron chi connectivity index (χ1n) is 8.72. The molecule has 0 spiro atoms. The Balaban J connectivity index is 1.61. The second-order valence-corrected chi connectivity index (χ2v) is 6.71. The van der Waals surface area contributed by atoms with E-state index in [2.05, 4.69) is 10.4 Å². The molecule has 1 atom stereocenters. The molecule has 6 nitrogen and oxygen atoms in total. The van der Waals surface area contributed by atoms with Crippen LogP contribution in [0.25, 0.3) is 5.69 Å². The molecule has 1 aromatic heterocycles. The number of rotatable bonds is 6. The first-order valence-corrected chi connectivity index (χ1v) is 8.72. The largest absolute Gasteiger partial charge is 0.350 e. The summed E-state index contributed by atoms with van der Waals surface area (Å²) in [5.74, 6) is 0.0862. The second-order valence-electron chi connectivity index (χ2n) is 6.71. The van der Waals surface area contributed by atoms with Crippen molar-refractivity contribution in [2.45, 2.75) is 39.3 Å². The minimum Gasteiger partial charge on any atom is -0.350 e. The summed E-state index contributed by atoms with van der Waals surface area (Å²) in [5, 5.41) is 7.17. The van der Waals surface area contributed by atoms with Crippen molar-refractivity contribution in [3.8, 4) is 5.69 Å². The third-order valence-corrected chi connectivity index (χ3v) is 4.52. The minimum absolute atomic E-state index is 0.0809. The van der Waals surface area contributed by atoms with E-state index in [1.54, 1.807) is 15.8 Å². The van der Waals surface area contributed by atoms with Crippen LogP contribution in [0.5, 0.6) is 0 Å². The van der Waals surface area contributed by atoms with Crippen molar-refractivity contribution in [3.05, 3.63) is 48.3 Å². The summed E-state index contributed by atoms with van der Waals surface area (Å²) in [6, 6.07) is 9.38. The smallest absolute Gasteiger partial charge is 0.243 e. The maximum atomic E-state index is 12.6. The summed E-state index contributed by atoms with van der Waals surface area (Å²) < 4.78 is 1.79. The number of amides is 2. The Labute approximate surface area is 147 Å². The molecule has 132 valence electrons. The van der Waals surface area contributed by atoms with Gasteiger partial charge in [0.1, 0.15) is 6.04 Å². The number of hydrogen-bond donors (Lipinski definition) is 1. The Kier molecular flexibility index (Phi) is 5.16. The van der Waals surface area contributed by atoms with Gasteiger partial charge in [0.05, 0.1) is 5.69 Å². The van der Waals surface area contributed by atoms with E-state index in [4.69, 9.17) is 0 Å². The van der Waals surface area contributed by atoms with Crippen molar-refractivity contribution >= 4 is 11.8 Å². The number of carbonyl (C=O) groups is 2. The summed E-state index contributed by atoms with van der Waals surface area (Å²) in [6.07, 6.45) is 5.01. The van der Waals surface area contributed by atoms with E-state index in [9.17, 15) is 9.59 Å². The van der Waals surface area contributed by atoms with Gasteiger partial charge in [-0.2, -0.15) is 5.10 Å². The minimum atomic E-state index is -0.390. The molecule has 2 amide bonds. The number of nitrogens with zero attached hydrogens (tertiary/aromatic N) is 3. The summed E-state index contributed by atoms with van der Waals surface area (Å²) in [7, 11) is 0. The van der Waals surface area contributed by atoms with Crippen LogP contribution < -0.4 is 5.32 Å². The lowest BCUT2D eigenvalue weighted by Crippen LogP contribution is -2.50. The summed E-state index contributed by atoms with van der Waals surface area (Å²) in [5.41, 5.74) is 1.99. The highest BCUT2D eigenvalue weighted by molar-refractivity contribution is 5.88. The molecule has 1 N–H and O–H groups in total. The maximum absolute atomic E-state index is 12.6. The molecule has 2 heterocycles. The van der Waals surface area contributed by atoms with Crippen LogP contribution in [0.1, 0.15) is 32.3 Å². The van der Waals surface area contributed by atoms with E-state index < -0.39 is 6.04 Å².